The Balaban J connectivity index is 2.14. The molecule has 1 fully saturated rings. The molecule has 1 aromatic rings. The molecule has 136 valence electrons. The predicted molar refractivity (Wildman–Crippen MR) is 86.8 cm³/mol. The minimum atomic E-state index is -4.10. The van der Waals surface area contributed by atoms with Gasteiger partial charge in [0.05, 0.1) is 11.0 Å². The molecule has 0 saturated carbocycles. The fraction of sp³-hybridized carbons (Fsp3) is 0.600. The quantitative estimate of drug-likeness (QED) is 0.784. The van der Waals surface area contributed by atoms with Crippen molar-refractivity contribution in [3.8, 4) is 0 Å². The van der Waals surface area contributed by atoms with E-state index in [1.54, 1.807) is 0 Å². The van der Waals surface area contributed by atoms with Gasteiger partial charge in [-0.3, -0.25) is 0 Å². The average Bonchev–Trinajstić information content (AvgIpc) is 2.45. The molecule has 0 aromatic heterocycles. The third-order valence-corrected chi connectivity index (χ3v) is 8.54. The summed E-state index contributed by atoms with van der Waals surface area (Å²) in [6.07, 6.45) is 0.355. The molecule has 0 amide bonds. The Bertz CT molecular complexity index is 799. The summed E-state index contributed by atoms with van der Waals surface area (Å²) in [5, 5.41) is -0.579. The first kappa shape index (κ1) is 19.3. The van der Waals surface area contributed by atoms with Crippen molar-refractivity contribution >= 4 is 19.9 Å². The van der Waals surface area contributed by atoms with Gasteiger partial charge in [0, 0.05) is 19.2 Å². The van der Waals surface area contributed by atoms with Gasteiger partial charge in [-0.2, -0.15) is 4.31 Å². The van der Waals surface area contributed by atoms with E-state index in [0.29, 0.717) is 6.07 Å². The molecule has 0 bridgehead atoms. The van der Waals surface area contributed by atoms with E-state index in [-0.39, 0.29) is 37.6 Å². The van der Waals surface area contributed by atoms with E-state index in [9.17, 15) is 25.6 Å². The number of sulfonamides is 1. The Morgan fingerprint density at radius 1 is 1.12 bits per heavy atom. The second-order valence-electron chi connectivity index (χ2n) is 6.40. The second kappa shape index (κ2) is 7.05. The fourth-order valence-corrected chi connectivity index (χ4v) is 6.50. The van der Waals surface area contributed by atoms with Crippen LogP contribution in [0.3, 0.4) is 0 Å². The van der Waals surface area contributed by atoms with Gasteiger partial charge in [-0.1, -0.05) is 13.8 Å². The molecule has 2 rings (SSSR count). The van der Waals surface area contributed by atoms with Crippen LogP contribution in [0.15, 0.2) is 23.1 Å². The van der Waals surface area contributed by atoms with Crippen LogP contribution in [0.4, 0.5) is 8.78 Å². The molecular weight excluding hydrogens is 360 g/mol. The van der Waals surface area contributed by atoms with Gasteiger partial charge in [0.25, 0.3) is 0 Å². The topological polar surface area (TPSA) is 71.5 Å². The SMILES string of the molecule is CC(C)CS(=O)(=O)C1CCN(S(=O)(=O)c2ccc(F)cc2F)CC1. The van der Waals surface area contributed by atoms with Gasteiger partial charge in [-0.15, -0.1) is 0 Å². The first-order valence-corrected chi connectivity index (χ1v) is 10.9. The van der Waals surface area contributed by atoms with Gasteiger partial charge in [0.1, 0.15) is 16.5 Å². The van der Waals surface area contributed by atoms with E-state index in [1.165, 1.54) is 0 Å². The summed E-state index contributed by atoms with van der Waals surface area (Å²) < 4.78 is 77.2. The van der Waals surface area contributed by atoms with Crippen LogP contribution in [-0.2, 0) is 19.9 Å². The molecule has 0 spiro atoms. The van der Waals surface area contributed by atoms with E-state index >= 15 is 0 Å². The monoisotopic (exact) mass is 381 g/mol. The van der Waals surface area contributed by atoms with Crippen molar-refractivity contribution in [2.45, 2.75) is 36.8 Å². The van der Waals surface area contributed by atoms with E-state index in [0.717, 1.165) is 16.4 Å². The average molecular weight is 381 g/mol. The number of benzene rings is 1. The zero-order chi connectivity index (χ0) is 18.1. The largest absolute Gasteiger partial charge is 0.245 e. The number of sulfone groups is 1. The molecule has 0 unspecified atom stereocenters. The van der Waals surface area contributed by atoms with E-state index in [1.807, 2.05) is 13.8 Å². The number of hydrogen-bond donors (Lipinski definition) is 0. The lowest BCUT2D eigenvalue weighted by Gasteiger charge is -2.31. The lowest BCUT2D eigenvalue weighted by Crippen LogP contribution is -2.43. The molecule has 1 saturated heterocycles. The van der Waals surface area contributed by atoms with Crippen molar-refractivity contribution in [3.63, 3.8) is 0 Å². The molecule has 1 aromatic carbocycles. The van der Waals surface area contributed by atoms with Crippen LogP contribution in [0.5, 0.6) is 0 Å². The normalized spacial score (nSPS) is 18.2. The Hall–Kier alpha value is -1.06. The van der Waals surface area contributed by atoms with Crippen molar-refractivity contribution in [3.05, 3.63) is 29.8 Å². The summed E-state index contributed by atoms with van der Waals surface area (Å²) in [7, 11) is -7.38. The van der Waals surface area contributed by atoms with Crippen molar-refractivity contribution in [2.24, 2.45) is 5.92 Å². The van der Waals surface area contributed by atoms with Crippen LogP contribution < -0.4 is 0 Å². The second-order valence-corrected chi connectivity index (χ2v) is 10.6. The number of nitrogens with zero attached hydrogens (tertiary/aromatic N) is 1. The summed E-state index contributed by atoms with van der Waals surface area (Å²) in [4.78, 5) is -0.590. The Morgan fingerprint density at radius 2 is 1.71 bits per heavy atom. The molecule has 0 aliphatic carbocycles. The molecule has 24 heavy (non-hydrogen) atoms. The van der Waals surface area contributed by atoms with E-state index in [2.05, 4.69) is 0 Å². The third kappa shape index (κ3) is 4.12. The van der Waals surface area contributed by atoms with Crippen LogP contribution >= 0.6 is 0 Å². The van der Waals surface area contributed by atoms with Crippen LogP contribution in [0, 0.1) is 17.6 Å². The molecule has 0 radical (unpaired) electrons. The van der Waals surface area contributed by atoms with Gasteiger partial charge >= 0.3 is 0 Å². The number of rotatable bonds is 5. The number of halogens is 2. The zero-order valence-corrected chi connectivity index (χ0v) is 15.2. The summed E-state index contributed by atoms with van der Waals surface area (Å²) in [5.41, 5.74) is 0. The molecule has 5 nitrogen and oxygen atoms in total. The smallest absolute Gasteiger partial charge is 0.229 e. The molecule has 1 aliphatic rings. The Kier molecular flexibility index (Phi) is 5.66. The Morgan fingerprint density at radius 3 is 2.21 bits per heavy atom. The predicted octanol–water partition coefficient (Wildman–Crippen LogP) is 2.19. The van der Waals surface area contributed by atoms with Crippen molar-refractivity contribution in [1.82, 2.24) is 4.31 Å². The van der Waals surface area contributed by atoms with E-state index < -0.39 is 41.6 Å². The lowest BCUT2D eigenvalue weighted by atomic mass is 10.2. The highest BCUT2D eigenvalue weighted by Crippen LogP contribution is 2.26. The highest BCUT2D eigenvalue weighted by molar-refractivity contribution is 7.92. The van der Waals surface area contributed by atoms with Crippen LogP contribution in [0.1, 0.15) is 26.7 Å². The van der Waals surface area contributed by atoms with Gasteiger partial charge in [0.2, 0.25) is 10.0 Å². The van der Waals surface area contributed by atoms with Gasteiger partial charge in [-0.05, 0) is 30.9 Å². The molecule has 0 N–H and O–H groups in total. The maximum atomic E-state index is 13.8. The Labute approximate surface area is 141 Å². The van der Waals surface area contributed by atoms with Gasteiger partial charge in [0.15, 0.2) is 9.84 Å². The molecular formula is C15H21F2NO4S2. The number of hydrogen-bond acceptors (Lipinski definition) is 4. The molecule has 1 heterocycles. The van der Waals surface area contributed by atoms with Crippen molar-refractivity contribution in [1.29, 1.82) is 0 Å². The molecule has 9 heteroatoms. The standard InChI is InChI=1S/C15H21F2NO4S2/c1-11(2)10-23(19,20)13-5-7-18(8-6-13)24(21,22)15-4-3-12(16)9-14(15)17/h3-4,9,11,13H,5-8,10H2,1-2H3. The maximum absolute atomic E-state index is 13.8. The summed E-state index contributed by atoms with van der Waals surface area (Å²) in [5.74, 6) is -1.93. The lowest BCUT2D eigenvalue weighted by molar-refractivity contribution is 0.343. The highest BCUT2D eigenvalue weighted by Gasteiger charge is 2.36. The minimum Gasteiger partial charge on any atom is -0.229 e. The van der Waals surface area contributed by atoms with E-state index in [4.69, 9.17) is 0 Å². The molecule has 0 atom stereocenters. The fourth-order valence-electron chi connectivity index (χ4n) is 2.86. The van der Waals surface area contributed by atoms with Crippen molar-refractivity contribution < 1.29 is 25.6 Å². The van der Waals surface area contributed by atoms with Crippen molar-refractivity contribution in [2.75, 3.05) is 18.8 Å². The van der Waals surface area contributed by atoms with Gasteiger partial charge in [-0.25, -0.2) is 25.6 Å². The van der Waals surface area contributed by atoms with Gasteiger partial charge < -0.3 is 0 Å². The first-order chi connectivity index (χ1) is 11.0. The summed E-state index contributed by atoms with van der Waals surface area (Å²) in [6.45, 7) is 3.63. The third-order valence-electron chi connectivity index (χ3n) is 3.99. The van der Waals surface area contributed by atoms with Crippen LogP contribution in [0.25, 0.3) is 0 Å². The zero-order valence-electron chi connectivity index (χ0n) is 13.6. The van der Waals surface area contributed by atoms with Crippen LogP contribution in [-0.4, -0.2) is 45.2 Å². The summed E-state index contributed by atoms with van der Waals surface area (Å²) in [6, 6.07) is 2.30. The highest BCUT2D eigenvalue weighted by atomic mass is 32.2. The summed E-state index contributed by atoms with van der Waals surface area (Å²) >= 11 is 0. The maximum Gasteiger partial charge on any atom is 0.245 e. The minimum absolute atomic E-state index is 0.00113. The molecule has 1 aliphatic heterocycles. The first-order valence-electron chi connectivity index (χ1n) is 7.71. The van der Waals surface area contributed by atoms with Crippen LogP contribution in [0.2, 0.25) is 0 Å². The number of piperidine rings is 1.